The summed E-state index contributed by atoms with van der Waals surface area (Å²) in [6, 6.07) is 7.45. The van der Waals surface area contributed by atoms with Crippen molar-refractivity contribution in [3.8, 4) is 0 Å². The van der Waals surface area contributed by atoms with Crippen molar-refractivity contribution in [1.29, 1.82) is 0 Å². The van der Waals surface area contributed by atoms with Crippen molar-refractivity contribution in [1.82, 2.24) is 0 Å². The lowest BCUT2D eigenvalue weighted by Gasteiger charge is -2.14. The van der Waals surface area contributed by atoms with Gasteiger partial charge in [0.15, 0.2) is 0 Å². The van der Waals surface area contributed by atoms with Crippen LogP contribution in [0.1, 0.15) is 22.7 Å². The number of halogens is 3. The van der Waals surface area contributed by atoms with E-state index in [1.54, 1.807) is 19.1 Å². The summed E-state index contributed by atoms with van der Waals surface area (Å²) in [6.07, 6.45) is -0.0848. The monoisotopic (exact) mass is 265 g/mol. The third-order valence-electron chi connectivity index (χ3n) is 3.04. The van der Waals surface area contributed by atoms with Gasteiger partial charge in [0, 0.05) is 17.2 Å². The van der Waals surface area contributed by atoms with Crippen LogP contribution in [0.4, 0.5) is 13.2 Å². The van der Waals surface area contributed by atoms with Crippen molar-refractivity contribution in [2.24, 2.45) is 5.73 Å². The molecule has 0 saturated carbocycles. The highest BCUT2D eigenvalue weighted by atomic mass is 19.1. The molecule has 1 unspecified atom stereocenters. The van der Waals surface area contributed by atoms with Gasteiger partial charge >= 0.3 is 0 Å². The Kier molecular flexibility index (Phi) is 3.90. The molecular formula is C15H14F3N. The summed E-state index contributed by atoms with van der Waals surface area (Å²) in [5.41, 5.74) is 6.75. The first-order valence-corrected chi connectivity index (χ1v) is 5.93. The number of hydrogen-bond donors (Lipinski definition) is 1. The molecule has 0 fully saturated rings. The second kappa shape index (κ2) is 5.45. The summed E-state index contributed by atoms with van der Waals surface area (Å²) in [4.78, 5) is 0. The Bertz CT molecular complexity index is 576. The lowest BCUT2D eigenvalue weighted by Crippen LogP contribution is -2.16. The van der Waals surface area contributed by atoms with Crippen molar-refractivity contribution in [3.05, 3.63) is 70.5 Å². The minimum atomic E-state index is -0.785. The minimum absolute atomic E-state index is 0.0848. The van der Waals surface area contributed by atoms with Crippen LogP contribution in [0.3, 0.4) is 0 Å². The van der Waals surface area contributed by atoms with Gasteiger partial charge in [-0.05, 0) is 37.1 Å². The lowest BCUT2D eigenvalue weighted by molar-refractivity contribution is 0.528. The predicted octanol–water partition coefficient (Wildman–Crippen LogP) is 3.65. The lowest BCUT2D eigenvalue weighted by atomic mass is 9.97. The summed E-state index contributed by atoms with van der Waals surface area (Å²) < 4.78 is 40.7. The Balaban J connectivity index is 2.28. The number of rotatable bonds is 3. The molecule has 1 atom stereocenters. The fraction of sp³-hybridized carbons (Fsp3) is 0.200. The standard InChI is InChI=1S/C15H14F3N/c1-9-5-6-10(14(18)7-9)15(19)8-11-12(16)3-2-4-13(11)17/h2-7,15H,8,19H2,1H3. The van der Waals surface area contributed by atoms with E-state index in [1.807, 2.05) is 0 Å². The topological polar surface area (TPSA) is 26.0 Å². The minimum Gasteiger partial charge on any atom is -0.324 e. The van der Waals surface area contributed by atoms with E-state index < -0.39 is 23.5 Å². The molecule has 0 aliphatic heterocycles. The van der Waals surface area contributed by atoms with Gasteiger partial charge in [0.2, 0.25) is 0 Å². The molecule has 2 aromatic rings. The van der Waals surface area contributed by atoms with Crippen LogP contribution in [-0.4, -0.2) is 0 Å². The molecule has 0 aliphatic rings. The zero-order chi connectivity index (χ0) is 14.0. The smallest absolute Gasteiger partial charge is 0.129 e. The molecule has 0 heterocycles. The molecule has 0 spiro atoms. The predicted molar refractivity (Wildman–Crippen MR) is 68.1 cm³/mol. The summed E-state index contributed by atoms with van der Waals surface area (Å²) >= 11 is 0. The highest BCUT2D eigenvalue weighted by Gasteiger charge is 2.16. The average Bonchev–Trinajstić information content (AvgIpc) is 2.33. The Morgan fingerprint density at radius 3 is 2.21 bits per heavy atom. The van der Waals surface area contributed by atoms with Gasteiger partial charge in [-0.3, -0.25) is 0 Å². The van der Waals surface area contributed by atoms with Crippen molar-refractivity contribution in [2.75, 3.05) is 0 Å². The van der Waals surface area contributed by atoms with Crippen LogP contribution in [-0.2, 0) is 6.42 Å². The number of hydrogen-bond acceptors (Lipinski definition) is 1. The third-order valence-corrected chi connectivity index (χ3v) is 3.04. The first-order valence-electron chi connectivity index (χ1n) is 5.93. The van der Waals surface area contributed by atoms with E-state index in [0.717, 1.165) is 17.7 Å². The summed E-state index contributed by atoms with van der Waals surface area (Å²) in [7, 11) is 0. The van der Waals surface area contributed by atoms with E-state index >= 15 is 0 Å². The molecule has 0 bridgehead atoms. The van der Waals surface area contributed by atoms with Crippen molar-refractivity contribution in [3.63, 3.8) is 0 Å². The van der Waals surface area contributed by atoms with E-state index in [0.29, 0.717) is 0 Å². The Hall–Kier alpha value is -1.81. The van der Waals surface area contributed by atoms with Crippen molar-refractivity contribution in [2.45, 2.75) is 19.4 Å². The fourth-order valence-electron chi connectivity index (χ4n) is 1.99. The molecule has 100 valence electrons. The third kappa shape index (κ3) is 2.96. The Morgan fingerprint density at radius 2 is 1.63 bits per heavy atom. The average molecular weight is 265 g/mol. The van der Waals surface area contributed by atoms with Crippen molar-refractivity contribution >= 4 is 0 Å². The van der Waals surface area contributed by atoms with Crippen LogP contribution in [0.15, 0.2) is 36.4 Å². The molecule has 4 heteroatoms. The molecular weight excluding hydrogens is 251 g/mol. The molecule has 0 aliphatic carbocycles. The maximum atomic E-state index is 13.7. The number of nitrogens with two attached hydrogens (primary N) is 1. The highest BCUT2D eigenvalue weighted by molar-refractivity contribution is 5.29. The van der Waals surface area contributed by atoms with Crippen LogP contribution in [0.25, 0.3) is 0 Å². The quantitative estimate of drug-likeness (QED) is 0.900. The molecule has 0 saturated heterocycles. The zero-order valence-corrected chi connectivity index (χ0v) is 10.5. The van der Waals surface area contributed by atoms with E-state index in [9.17, 15) is 13.2 Å². The van der Waals surface area contributed by atoms with Gasteiger partial charge in [0.1, 0.15) is 17.5 Å². The number of aryl methyl sites for hydroxylation is 1. The van der Waals surface area contributed by atoms with E-state index in [2.05, 4.69) is 0 Å². The van der Waals surface area contributed by atoms with Crippen molar-refractivity contribution < 1.29 is 13.2 Å². The van der Waals surface area contributed by atoms with Crippen LogP contribution >= 0.6 is 0 Å². The number of benzene rings is 2. The summed E-state index contributed by atoms with van der Waals surface area (Å²) in [5.74, 6) is -1.78. The largest absolute Gasteiger partial charge is 0.324 e. The van der Waals surface area contributed by atoms with Crippen LogP contribution in [0.2, 0.25) is 0 Å². The normalized spacial score (nSPS) is 12.5. The van der Waals surface area contributed by atoms with E-state index in [1.165, 1.54) is 12.1 Å². The van der Waals surface area contributed by atoms with Gasteiger partial charge in [0.05, 0.1) is 0 Å². The first-order chi connectivity index (χ1) is 8.99. The summed E-state index contributed by atoms with van der Waals surface area (Å²) in [5, 5.41) is 0. The van der Waals surface area contributed by atoms with Crippen LogP contribution in [0.5, 0.6) is 0 Å². The first kappa shape index (κ1) is 13.6. The second-order valence-corrected chi connectivity index (χ2v) is 4.54. The molecule has 0 amide bonds. The molecule has 2 aromatic carbocycles. The summed E-state index contributed by atoms with van der Waals surface area (Å²) in [6.45, 7) is 1.76. The van der Waals surface area contributed by atoms with E-state index in [4.69, 9.17) is 5.73 Å². The SMILES string of the molecule is Cc1ccc(C(N)Cc2c(F)cccc2F)c(F)c1. The van der Waals surface area contributed by atoms with Gasteiger partial charge in [-0.15, -0.1) is 0 Å². The maximum absolute atomic E-state index is 13.7. The molecule has 2 rings (SSSR count). The molecule has 1 nitrogen and oxygen atoms in total. The Morgan fingerprint density at radius 1 is 1.00 bits per heavy atom. The highest BCUT2D eigenvalue weighted by Crippen LogP contribution is 2.23. The van der Waals surface area contributed by atoms with Gasteiger partial charge in [0.25, 0.3) is 0 Å². The maximum Gasteiger partial charge on any atom is 0.129 e. The van der Waals surface area contributed by atoms with Gasteiger partial charge in [-0.25, -0.2) is 13.2 Å². The zero-order valence-electron chi connectivity index (χ0n) is 10.5. The van der Waals surface area contributed by atoms with Gasteiger partial charge < -0.3 is 5.73 Å². The molecule has 0 aromatic heterocycles. The van der Waals surface area contributed by atoms with Gasteiger partial charge in [-0.2, -0.15) is 0 Å². The van der Waals surface area contributed by atoms with Crippen LogP contribution in [0, 0.1) is 24.4 Å². The Labute approximate surface area is 109 Å². The molecule has 19 heavy (non-hydrogen) atoms. The molecule has 0 radical (unpaired) electrons. The van der Waals surface area contributed by atoms with E-state index in [-0.39, 0.29) is 17.5 Å². The van der Waals surface area contributed by atoms with Crippen LogP contribution < -0.4 is 5.73 Å². The fourth-order valence-corrected chi connectivity index (χ4v) is 1.99. The second-order valence-electron chi connectivity index (χ2n) is 4.54. The van der Waals surface area contributed by atoms with Gasteiger partial charge in [-0.1, -0.05) is 18.2 Å². The molecule has 2 N–H and O–H groups in total.